The first-order chi connectivity index (χ1) is 9.92. The van der Waals surface area contributed by atoms with Crippen LogP contribution in [0.25, 0.3) is 0 Å². The maximum absolute atomic E-state index is 11.9. The van der Waals surface area contributed by atoms with E-state index in [-0.39, 0.29) is 53.8 Å². The molecule has 0 radical (unpaired) electrons. The van der Waals surface area contributed by atoms with E-state index in [1.807, 2.05) is 0 Å². The number of esters is 1. The molecular formula is C14H19NO5S. The molecule has 1 saturated heterocycles. The highest BCUT2D eigenvalue weighted by Gasteiger charge is 2.63. The number of rotatable bonds is 6. The average molecular weight is 313 g/mol. The fraction of sp³-hybridized carbons (Fsp3) is 0.714. The van der Waals surface area contributed by atoms with Crippen molar-refractivity contribution in [3.05, 3.63) is 12.7 Å². The van der Waals surface area contributed by atoms with Crippen LogP contribution in [0.4, 0.5) is 0 Å². The minimum atomic E-state index is -3.23. The van der Waals surface area contributed by atoms with E-state index in [0.29, 0.717) is 12.8 Å². The fourth-order valence-corrected chi connectivity index (χ4v) is 6.04. The van der Waals surface area contributed by atoms with Crippen molar-refractivity contribution in [1.82, 2.24) is 4.72 Å². The molecule has 0 spiro atoms. The second-order valence-corrected chi connectivity index (χ2v) is 8.03. The summed E-state index contributed by atoms with van der Waals surface area (Å²) in [4.78, 5) is 22.9. The van der Waals surface area contributed by atoms with Crippen molar-refractivity contribution >= 4 is 21.8 Å². The molecule has 0 aromatic rings. The van der Waals surface area contributed by atoms with Crippen LogP contribution in [0.3, 0.4) is 0 Å². The van der Waals surface area contributed by atoms with E-state index < -0.39 is 10.0 Å². The molecule has 3 fully saturated rings. The number of nitrogens with one attached hydrogen (secondary N) is 1. The summed E-state index contributed by atoms with van der Waals surface area (Å²) in [6, 6.07) is -0.252. The first-order valence-corrected chi connectivity index (χ1v) is 8.83. The zero-order chi connectivity index (χ0) is 15.2. The molecule has 0 aromatic heterocycles. The number of allylic oxidation sites excluding steroid dienone is 1. The van der Waals surface area contributed by atoms with Crippen molar-refractivity contribution in [2.75, 3.05) is 0 Å². The number of ketones is 1. The van der Waals surface area contributed by atoms with Crippen LogP contribution >= 0.6 is 0 Å². The summed E-state index contributed by atoms with van der Waals surface area (Å²) in [7, 11) is -3.23. The van der Waals surface area contributed by atoms with E-state index in [0.717, 1.165) is 6.42 Å². The van der Waals surface area contributed by atoms with E-state index >= 15 is 0 Å². The van der Waals surface area contributed by atoms with Gasteiger partial charge in [0, 0.05) is 12.8 Å². The van der Waals surface area contributed by atoms with Crippen LogP contribution in [0.2, 0.25) is 0 Å². The average Bonchev–Trinajstić information content (AvgIpc) is 3.02. The summed E-state index contributed by atoms with van der Waals surface area (Å²) >= 11 is 0. The van der Waals surface area contributed by atoms with Gasteiger partial charge in [-0.1, -0.05) is 6.58 Å². The van der Waals surface area contributed by atoms with Gasteiger partial charge >= 0.3 is 5.97 Å². The number of fused-ring (bicyclic) bond motifs is 1. The van der Waals surface area contributed by atoms with Gasteiger partial charge in [-0.05, 0) is 37.2 Å². The van der Waals surface area contributed by atoms with Crippen LogP contribution in [-0.4, -0.2) is 37.6 Å². The number of hydrogen-bond donors (Lipinski definition) is 1. The fourth-order valence-electron chi connectivity index (χ4n) is 3.93. The summed E-state index contributed by atoms with van der Waals surface area (Å²) in [5.74, 6) is -0.213. The molecule has 21 heavy (non-hydrogen) atoms. The van der Waals surface area contributed by atoms with Gasteiger partial charge < -0.3 is 4.74 Å². The van der Waals surface area contributed by atoms with Crippen molar-refractivity contribution in [3.8, 4) is 0 Å². The molecule has 116 valence electrons. The highest BCUT2D eigenvalue weighted by atomic mass is 32.2. The molecule has 1 N–H and O–H groups in total. The maximum atomic E-state index is 11.9. The third-order valence-electron chi connectivity index (χ3n) is 4.87. The molecule has 0 aromatic carbocycles. The molecule has 2 saturated carbocycles. The van der Waals surface area contributed by atoms with Gasteiger partial charge in [0.15, 0.2) is 5.78 Å². The minimum Gasteiger partial charge on any atom is -0.460 e. The SMILES string of the molecule is C=CC(=O)CCCC(=O)OC1C2CC3C1NS(=O)(=O)C3C2. The van der Waals surface area contributed by atoms with E-state index in [2.05, 4.69) is 11.3 Å². The van der Waals surface area contributed by atoms with Gasteiger partial charge in [-0.2, -0.15) is 0 Å². The Morgan fingerprint density at radius 3 is 2.76 bits per heavy atom. The number of carbonyl (C=O) groups excluding carboxylic acids is 2. The molecule has 7 heteroatoms. The standard InChI is InChI=1S/C14H19NO5S/c1-2-9(16)4-3-5-12(17)20-14-8-6-10-11(7-8)21(18,19)15-13(10)14/h2,8,10-11,13-15H,1,3-7H2. The highest BCUT2D eigenvalue weighted by molar-refractivity contribution is 7.90. The second-order valence-electron chi connectivity index (χ2n) is 6.10. The smallest absolute Gasteiger partial charge is 0.306 e. The molecule has 2 bridgehead atoms. The molecule has 2 aliphatic carbocycles. The van der Waals surface area contributed by atoms with Gasteiger partial charge in [-0.25, -0.2) is 13.1 Å². The molecule has 1 aliphatic heterocycles. The summed E-state index contributed by atoms with van der Waals surface area (Å²) in [5.41, 5.74) is 0. The third-order valence-corrected chi connectivity index (χ3v) is 6.81. The first kappa shape index (κ1) is 14.7. The van der Waals surface area contributed by atoms with Gasteiger partial charge in [0.25, 0.3) is 0 Å². The first-order valence-electron chi connectivity index (χ1n) is 7.28. The lowest BCUT2D eigenvalue weighted by molar-refractivity contribution is -0.152. The molecular weight excluding hydrogens is 294 g/mol. The quantitative estimate of drug-likeness (QED) is 0.571. The van der Waals surface area contributed by atoms with Gasteiger partial charge in [-0.3, -0.25) is 9.59 Å². The number of sulfonamides is 1. The summed E-state index contributed by atoms with van der Waals surface area (Å²) in [6.07, 6.45) is 3.20. The predicted octanol–water partition coefficient (Wildman–Crippen LogP) is 0.534. The lowest BCUT2D eigenvalue weighted by Gasteiger charge is -2.25. The Morgan fingerprint density at radius 2 is 2.05 bits per heavy atom. The Hall–Kier alpha value is -1.21. The normalized spacial score (nSPS) is 38.4. The van der Waals surface area contributed by atoms with Gasteiger partial charge in [0.2, 0.25) is 10.0 Å². The van der Waals surface area contributed by atoms with Crippen LogP contribution < -0.4 is 4.72 Å². The lowest BCUT2D eigenvalue weighted by atomic mass is 9.93. The van der Waals surface area contributed by atoms with E-state index in [1.165, 1.54) is 6.08 Å². The van der Waals surface area contributed by atoms with Crippen LogP contribution in [0, 0.1) is 11.8 Å². The molecule has 0 amide bonds. The number of carbonyl (C=O) groups is 2. The highest BCUT2D eigenvalue weighted by Crippen LogP contribution is 2.52. The Balaban J connectivity index is 1.54. The summed E-state index contributed by atoms with van der Waals surface area (Å²) in [6.45, 7) is 3.38. The monoisotopic (exact) mass is 313 g/mol. The Morgan fingerprint density at radius 1 is 1.29 bits per heavy atom. The zero-order valence-corrected chi connectivity index (χ0v) is 12.5. The van der Waals surface area contributed by atoms with Gasteiger partial charge in [0.05, 0.1) is 11.3 Å². The Bertz CT molecular complexity index is 584. The van der Waals surface area contributed by atoms with Crippen LogP contribution in [-0.2, 0) is 24.3 Å². The summed E-state index contributed by atoms with van der Waals surface area (Å²) < 4.78 is 31.9. The van der Waals surface area contributed by atoms with Crippen molar-refractivity contribution < 1.29 is 22.7 Å². The lowest BCUT2D eigenvalue weighted by Crippen LogP contribution is -2.41. The number of ether oxygens (including phenoxy) is 1. The number of hydrogen-bond acceptors (Lipinski definition) is 5. The van der Waals surface area contributed by atoms with Crippen LogP contribution in [0.5, 0.6) is 0 Å². The Labute approximate surface area is 124 Å². The van der Waals surface area contributed by atoms with Crippen molar-refractivity contribution in [2.24, 2.45) is 11.8 Å². The van der Waals surface area contributed by atoms with E-state index in [1.54, 1.807) is 0 Å². The van der Waals surface area contributed by atoms with E-state index in [9.17, 15) is 18.0 Å². The largest absolute Gasteiger partial charge is 0.460 e. The topological polar surface area (TPSA) is 89.5 Å². The van der Waals surface area contributed by atoms with Gasteiger partial charge in [0.1, 0.15) is 6.10 Å². The second kappa shape index (κ2) is 5.21. The predicted molar refractivity (Wildman–Crippen MR) is 74.8 cm³/mol. The zero-order valence-electron chi connectivity index (χ0n) is 11.7. The van der Waals surface area contributed by atoms with Crippen molar-refractivity contribution in [2.45, 2.75) is 49.5 Å². The Kier molecular flexibility index (Phi) is 3.65. The van der Waals surface area contributed by atoms with Crippen LogP contribution in [0.1, 0.15) is 32.1 Å². The summed E-state index contributed by atoms with van der Waals surface area (Å²) in [5, 5.41) is -0.298. The minimum absolute atomic E-state index is 0.0835. The molecule has 3 aliphatic rings. The molecule has 5 atom stereocenters. The molecule has 6 nitrogen and oxygen atoms in total. The molecule has 1 heterocycles. The molecule has 5 unspecified atom stereocenters. The van der Waals surface area contributed by atoms with Gasteiger partial charge in [-0.15, -0.1) is 0 Å². The van der Waals surface area contributed by atoms with E-state index in [4.69, 9.17) is 4.74 Å². The molecule has 3 rings (SSSR count). The maximum Gasteiger partial charge on any atom is 0.306 e. The third kappa shape index (κ3) is 2.53. The van der Waals surface area contributed by atoms with Crippen LogP contribution in [0.15, 0.2) is 12.7 Å². The van der Waals surface area contributed by atoms with Crippen molar-refractivity contribution in [3.63, 3.8) is 0 Å². The van der Waals surface area contributed by atoms with Crippen molar-refractivity contribution in [1.29, 1.82) is 0 Å².